The van der Waals surface area contributed by atoms with Gasteiger partial charge in [0.05, 0.1) is 18.8 Å². The summed E-state index contributed by atoms with van der Waals surface area (Å²) < 4.78 is 5.00. The molecule has 0 heterocycles. The average molecular weight is 239 g/mol. The van der Waals surface area contributed by atoms with E-state index in [0.29, 0.717) is 12.2 Å². The number of hydrogen-bond donors (Lipinski definition) is 3. The highest BCUT2D eigenvalue weighted by Crippen LogP contribution is 2.11. The quantitative estimate of drug-likeness (QED) is 0.713. The molecule has 1 aromatic rings. The monoisotopic (exact) mass is 239 g/mol. The zero-order chi connectivity index (χ0) is 12.7. The highest BCUT2D eigenvalue weighted by atomic mass is 16.6. The van der Waals surface area contributed by atoms with Crippen LogP contribution in [0.1, 0.15) is 13.3 Å². The summed E-state index contributed by atoms with van der Waals surface area (Å²) in [6, 6.07) is 8.58. The first kappa shape index (κ1) is 13.5. The minimum atomic E-state index is -1.04. The molecule has 5 heteroatoms. The van der Waals surface area contributed by atoms with E-state index < -0.39 is 11.6 Å². The number of aliphatic hydroxyl groups is 2. The van der Waals surface area contributed by atoms with E-state index in [2.05, 4.69) is 5.32 Å². The van der Waals surface area contributed by atoms with Gasteiger partial charge >= 0.3 is 6.09 Å². The van der Waals surface area contributed by atoms with E-state index in [1.807, 2.05) is 6.07 Å². The van der Waals surface area contributed by atoms with Gasteiger partial charge in [0.15, 0.2) is 0 Å². The number of carbonyl (C=O) groups excluding carboxylic acids is 1. The van der Waals surface area contributed by atoms with E-state index in [0.717, 1.165) is 0 Å². The molecule has 0 aromatic heterocycles. The maximum absolute atomic E-state index is 11.5. The fraction of sp³-hybridized carbons (Fsp3) is 0.417. The molecule has 3 N–H and O–H groups in total. The van der Waals surface area contributed by atoms with Gasteiger partial charge in [-0.1, -0.05) is 25.1 Å². The fourth-order valence-corrected chi connectivity index (χ4v) is 1.28. The first-order valence-electron chi connectivity index (χ1n) is 5.42. The van der Waals surface area contributed by atoms with Crippen molar-refractivity contribution in [3.8, 4) is 5.75 Å². The Bertz CT molecular complexity index is 341. The molecule has 0 saturated carbocycles. The van der Waals surface area contributed by atoms with Gasteiger partial charge < -0.3 is 20.3 Å². The van der Waals surface area contributed by atoms with Crippen LogP contribution >= 0.6 is 0 Å². The van der Waals surface area contributed by atoms with Crippen molar-refractivity contribution in [3.05, 3.63) is 30.3 Å². The molecule has 5 nitrogen and oxygen atoms in total. The lowest BCUT2D eigenvalue weighted by atomic mass is 9.99. The molecule has 0 aliphatic carbocycles. The summed E-state index contributed by atoms with van der Waals surface area (Å²) >= 11 is 0. The SMILES string of the molecule is CCC(CO)(CO)NC(=O)Oc1ccccc1. The molecule has 0 fully saturated rings. The second kappa shape index (κ2) is 6.22. The topological polar surface area (TPSA) is 78.8 Å². The second-order valence-corrected chi connectivity index (χ2v) is 3.78. The van der Waals surface area contributed by atoms with Gasteiger partial charge in [0, 0.05) is 0 Å². The van der Waals surface area contributed by atoms with Gasteiger partial charge in [0.1, 0.15) is 5.75 Å². The van der Waals surface area contributed by atoms with Crippen LogP contribution in [0.5, 0.6) is 5.75 Å². The minimum absolute atomic E-state index is 0.343. The Morgan fingerprint density at radius 3 is 2.35 bits per heavy atom. The summed E-state index contributed by atoms with van der Waals surface area (Å²) in [7, 11) is 0. The van der Waals surface area contributed by atoms with Crippen LogP contribution in [0.3, 0.4) is 0 Å². The third-order valence-electron chi connectivity index (χ3n) is 2.60. The number of ether oxygens (including phenoxy) is 1. The summed E-state index contributed by atoms with van der Waals surface area (Å²) in [5.41, 5.74) is -1.04. The predicted octanol–water partition coefficient (Wildman–Crippen LogP) is 0.908. The number of para-hydroxylation sites is 1. The lowest BCUT2D eigenvalue weighted by molar-refractivity contribution is 0.0854. The zero-order valence-corrected chi connectivity index (χ0v) is 9.72. The van der Waals surface area contributed by atoms with Crippen molar-refractivity contribution in [3.63, 3.8) is 0 Å². The molecule has 0 aliphatic rings. The van der Waals surface area contributed by atoms with Crippen molar-refractivity contribution in [2.75, 3.05) is 13.2 Å². The maximum atomic E-state index is 11.5. The van der Waals surface area contributed by atoms with Gasteiger partial charge in [-0.25, -0.2) is 4.79 Å². The molecule has 0 aliphatic heterocycles. The van der Waals surface area contributed by atoms with E-state index in [1.165, 1.54) is 0 Å². The Hall–Kier alpha value is -1.59. The molecule has 0 bridgehead atoms. The van der Waals surface area contributed by atoms with Gasteiger partial charge in [0.25, 0.3) is 0 Å². The number of carbonyl (C=O) groups is 1. The lowest BCUT2D eigenvalue weighted by Crippen LogP contribution is -2.54. The highest BCUT2D eigenvalue weighted by molar-refractivity contribution is 5.71. The number of hydrogen-bond acceptors (Lipinski definition) is 4. The standard InChI is InChI=1S/C12H17NO4/c1-2-12(8-14,9-15)13-11(16)17-10-6-4-3-5-7-10/h3-7,14-15H,2,8-9H2,1H3,(H,13,16). The first-order chi connectivity index (χ1) is 8.15. The average Bonchev–Trinajstić information content (AvgIpc) is 2.37. The van der Waals surface area contributed by atoms with Crippen LogP contribution in [0.15, 0.2) is 30.3 Å². The van der Waals surface area contributed by atoms with Crippen molar-refractivity contribution < 1.29 is 19.7 Å². The number of benzene rings is 1. The van der Waals surface area contributed by atoms with Crippen LogP contribution in [-0.4, -0.2) is 35.1 Å². The largest absolute Gasteiger partial charge is 0.413 e. The van der Waals surface area contributed by atoms with Crippen molar-refractivity contribution in [1.82, 2.24) is 5.32 Å². The van der Waals surface area contributed by atoms with Crippen molar-refractivity contribution in [2.45, 2.75) is 18.9 Å². The normalized spacial score (nSPS) is 11.0. The number of rotatable bonds is 5. The van der Waals surface area contributed by atoms with E-state index in [-0.39, 0.29) is 13.2 Å². The van der Waals surface area contributed by atoms with Crippen molar-refractivity contribution in [1.29, 1.82) is 0 Å². The van der Waals surface area contributed by atoms with Crippen molar-refractivity contribution >= 4 is 6.09 Å². The Morgan fingerprint density at radius 1 is 1.29 bits per heavy atom. The summed E-state index contributed by atoms with van der Waals surface area (Å²) in [5.74, 6) is 0.408. The summed E-state index contributed by atoms with van der Waals surface area (Å²) in [5, 5.41) is 20.8. The molecule has 1 amide bonds. The van der Waals surface area contributed by atoms with Crippen LogP contribution in [0.4, 0.5) is 4.79 Å². The van der Waals surface area contributed by atoms with E-state index in [9.17, 15) is 4.79 Å². The molecule has 94 valence electrons. The molecule has 0 spiro atoms. The summed E-state index contributed by atoms with van der Waals surface area (Å²) in [6.07, 6.45) is -0.287. The third-order valence-corrected chi connectivity index (χ3v) is 2.60. The maximum Gasteiger partial charge on any atom is 0.413 e. The van der Waals surface area contributed by atoms with Crippen LogP contribution in [0.25, 0.3) is 0 Å². The van der Waals surface area contributed by atoms with Gasteiger partial charge in [-0.2, -0.15) is 0 Å². The minimum Gasteiger partial charge on any atom is -0.410 e. The van der Waals surface area contributed by atoms with Crippen LogP contribution in [0, 0.1) is 0 Å². The summed E-state index contributed by atoms with van der Waals surface area (Å²) in [4.78, 5) is 11.5. The van der Waals surface area contributed by atoms with Gasteiger partial charge in [-0.05, 0) is 18.6 Å². The smallest absolute Gasteiger partial charge is 0.410 e. The predicted molar refractivity (Wildman–Crippen MR) is 62.8 cm³/mol. The Kier molecular flexibility index (Phi) is 4.93. The van der Waals surface area contributed by atoms with E-state index >= 15 is 0 Å². The fourth-order valence-electron chi connectivity index (χ4n) is 1.28. The molecule has 1 aromatic carbocycles. The zero-order valence-electron chi connectivity index (χ0n) is 9.72. The molecule has 17 heavy (non-hydrogen) atoms. The number of nitrogens with one attached hydrogen (secondary N) is 1. The third kappa shape index (κ3) is 3.72. The Balaban J connectivity index is 2.60. The molecule has 0 atom stereocenters. The lowest BCUT2D eigenvalue weighted by Gasteiger charge is -2.28. The first-order valence-corrected chi connectivity index (χ1v) is 5.42. The molecule has 0 unspecified atom stereocenters. The Labute approximate surface area is 100 Å². The van der Waals surface area contributed by atoms with Crippen molar-refractivity contribution in [2.24, 2.45) is 0 Å². The van der Waals surface area contributed by atoms with Crippen LogP contribution in [0.2, 0.25) is 0 Å². The van der Waals surface area contributed by atoms with Crippen LogP contribution in [-0.2, 0) is 0 Å². The van der Waals surface area contributed by atoms with Gasteiger partial charge in [0.2, 0.25) is 0 Å². The molecular formula is C12H17NO4. The molecule has 1 rings (SSSR count). The molecule has 0 radical (unpaired) electrons. The van der Waals surface area contributed by atoms with Gasteiger partial charge in [-0.15, -0.1) is 0 Å². The molecule has 0 saturated heterocycles. The van der Waals surface area contributed by atoms with Crippen LogP contribution < -0.4 is 10.1 Å². The number of amides is 1. The summed E-state index contributed by atoms with van der Waals surface area (Å²) in [6.45, 7) is 1.07. The molecular weight excluding hydrogens is 222 g/mol. The van der Waals surface area contributed by atoms with E-state index in [4.69, 9.17) is 14.9 Å². The highest BCUT2D eigenvalue weighted by Gasteiger charge is 2.29. The Morgan fingerprint density at radius 2 is 1.88 bits per heavy atom. The number of aliphatic hydroxyl groups excluding tert-OH is 2. The second-order valence-electron chi connectivity index (χ2n) is 3.78. The van der Waals surface area contributed by atoms with Gasteiger partial charge in [-0.3, -0.25) is 0 Å². The van der Waals surface area contributed by atoms with E-state index in [1.54, 1.807) is 31.2 Å².